The van der Waals surface area contributed by atoms with Gasteiger partial charge in [0.2, 0.25) is 0 Å². The number of nitrogens with one attached hydrogen (secondary N) is 1. The van der Waals surface area contributed by atoms with Crippen LogP contribution in [0, 0.1) is 0 Å². The van der Waals surface area contributed by atoms with Crippen molar-refractivity contribution >= 4 is 21.6 Å². The summed E-state index contributed by atoms with van der Waals surface area (Å²) in [5, 5.41) is 3.35. The maximum Gasteiger partial charge on any atom is 0.0592 e. The molecule has 3 nitrogen and oxygen atoms in total. The molecule has 4 rings (SSSR count). The van der Waals surface area contributed by atoms with E-state index >= 15 is 0 Å². The first-order valence-electron chi connectivity index (χ1n) is 8.65. The Morgan fingerprint density at radius 2 is 2.04 bits per heavy atom. The lowest BCUT2D eigenvalue weighted by Crippen LogP contribution is -2.25. The van der Waals surface area contributed by atoms with Gasteiger partial charge in [-0.25, -0.2) is 0 Å². The van der Waals surface area contributed by atoms with E-state index in [4.69, 9.17) is 0 Å². The lowest BCUT2D eigenvalue weighted by Gasteiger charge is -2.34. The number of rotatable bonds is 4. The van der Waals surface area contributed by atoms with Crippen molar-refractivity contribution in [3.63, 3.8) is 0 Å². The van der Waals surface area contributed by atoms with Crippen molar-refractivity contribution in [2.75, 3.05) is 5.32 Å². The Bertz CT molecular complexity index is 928. The normalized spacial score (nSPS) is 18.5. The van der Waals surface area contributed by atoms with Gasteiger partial charge in [0.05, 0.1) is 6.04 Å². The van der Waals surface area contributed by atoms with Crippen LogP contribution in [0.25, 0.3) is 0 Å². The van der Waals surface area contributed by atoms with Gasteiger partial charge in [-0.1, -0.05) is 41.2 Å². The predicted octanol–water partition coefficient (Wildman–Crippen LogP) is 5.73. The van der Waals surface area contributed by atoms with Crippen LogP contribution in [0.1, 0.15) is 23.6 Å². The summed E-state index contributed by atoms with van der Waals surface area (Å²) in [4.78, 5) is 6.32. The monoisotopic (exact) mass is 405 g/mol. The maximum atomic E-state index is 4.36. The smallest absolute Gasteiger partial charge is 0.0592 e. The lowest BCUT2D eigenvalue weighted by atomic mass is 10.0. The molecule has 1 aliphatic heterocycles. The summed E-state index contributed by atoms with van der Waals surface area (Å²) in [5.74, 6) is 0. The van der Waals surface area contributed by atoms with Gasteiger partial charge >= 0.3 is 0 Å². The fraction of sp³-hybridized carbons (Fsp3) is 0.136. The van der Waals surface area contributed by atoms with Gasteiger partial charge in [0.25, 0.3) is 0 Å². The largest absolute Gasteiger partial charge is 0.355 e. The Morgan fingerprint density at radius 3 is 2.85 bits per heavy atom. The number of hydrogen-bond donors (Lipinski definition) is 1. The number of fused-ring (bicyclic) bond motifs is 1. The van der Waals surface area contributed by atoms with Crippen LogP contribution in [-0.2, 0) is 6.42 Å². The second kappa shape index (κ2) is 6.96. The van der Waals surface area contributed by atoms with E-state index in [1.54, 1.807) is 12.4 Å². The van der Waals surface area contributed by atoms with E-state index in [1.807, 2.05) is 12.1 Å². The SMILES string of the molecule is C=C(Nc1ccncc1)C1=CC=CN(C2CCc3c(Br)cccc32)C1=C. The zero-order valence-electron chi connectivity index (χ0n) is 14.5. The third kappa shape index (κ3) is 3.01. The van der Waals surface area contributed by atoms with Gasteiger partial charge in [0.15, 0.2) is 0 Å². The lowest BCUT2D eigenvalue weighted by molar-refractivity contribution is 0.349. The molecule has 1 atom stereocenters. The van der Waals surface area contributed by atoms with Crippen LogP contribution < -0.4 is 5.32 Å². The van der Waals surface area contributed by atoms with Crippen LogP contribution in [0.15, 0.2) is 95.7 Å². The average molecular weight is 406 g/mol. The standard InChI is InChI=1S/C22H20BrN3/c1-15(25-17-10-12-24-13-11-17)18-6-4-14-26(16(18)2)22-9-8-19-20(22)5-3-7-21(19)23/h3-7,10-14,22H,1-2,8-9H2,(H,24,25). The molecule has 0 fully saturated rings. The summed E-state index contributed by atoms with van der Waals surface area (Å²) >= 11 is 3.69. The topological polar surface area (TPSA) is 28.2 Å². The third-order valence-electron chi connectivity index (χ3n) is 4.95. The minimum atomic E-state index is 0.309. The highest BCUT2D eigenvalue weighted by Crippen LogP contribution is 2.42. The molecule has 0 saturated carbocycles. The van der Waals surface area contributed by atoms with Gasteiger partial charge in [-0.2, -0.15) is 0 Å². The Kier molecular flexibility index (Phi) is 4.51. The molecule has 2 heterocycles. The van der Waals surface area contributed by atoms with E-state index in [0.717, 1.165) is 35.5 Å². The van der Waals surface area contributed by atoms with Crippen LogP contribution in [0.2, 0.25) is 0 Å². The van der Waals surface area contributed by atoms with Gasteiger partial charge in [-0.05, 0) is 54.3 Å². The van der Waals surface area contributed by atoms with Crippen molar-refractivity contribution in [1.29, 1.82) is 0 Å². The number of nitrogens with zero attached hydrogens (tertiary/aromatic N) is 2. The minimum absolute atomic E-state index is 0.309. The number of allylic oxidation sites excluding steroid dienone is 2. The molecule has 0 bridgehead atoms. The number of hydrogen-bond acceptors (Lipinski definition) is 3. The number of anilines is 1. The second-order valence-electron chi connectivity index (χ2n) is 6.48. The number of pyridine rings is 1. The summed E-state index contributed by atoms with van der Waals surface area (Å²) in [6.07, 6.45) is 11.9. The van der Waals surface area contributed by atoms with E-state index in [0.29, 0.717) is 6.04 Å². The van der Waals surface area contributed by atoms with Crippen molar-refractivity contribution in [1.82, 2.24) is 9.88 Å². The molecule has 0 spiro atoms. The fourth-order valence-electron chi connectivity index (χ4n) is 3.68. The Balaban J connectivity index is 1.56. The summed E-state index contributed by atoms with van der Waals surface area (Å²) in [7, 11) is 0. The van der Waals surface area contributed by atoms with Gasteiger partial charge in [-0.15, -0.1) is 0 Å². The molecule has 1 N–H and O–H groups in total. The van der Waals surface area contributed by atoms with Gasteiger partial charge in [0.1, 0.15) is 0 Å². The molecule has 1 aromatic heterocycles. The van der Waals surface area contributed by atoms with E-state index < -0.39 is 0 Å². The molecular weight excluding hydrogens is 386 g/mol. The number of halogens is 1. The molecule has 0 amide bonds. The van der Waals surface area contributed by atoms with Crippen LogP contribution >= 0.6 is 15.9 Å². The van der Waals surface area contributed by atoms with Gasteiger partial charge < -0.3 is 10.2 Å². The molecule has 1 aliphatic carbocycles. The molecule has 2 aromatic rings. The van der Waals surface area contributed by atoms with E-state index in [1.165, 1.54) is 15.6 Å². The van der Waals surface area contributed by atoms with Crippen LogP contribution in [-0.4, -0.2) is 9.88 Å². The maximum absolute atomic E-state index is 4.36. The molecule has 26 heavy (non-hydrogen) atoms. The predicted molar refractivity (Wildman–Crippen MR) is 110 cm³/mol. The van der Waals surface area contributed by atoms with Crippen LogP contribution in [0.3, 0.4) is 0 Å². The minimum Gasteiger partial charge on any atom is -0.355 e. The molecule has 4 heteroatoms. The van der Waals surface area contributed by atoms with E-state index in [9.17, 15) is 0 Å². The first kappa shape index (κ1) is 16.9. The first-order valence-corrected chi connectivity index (χ1v) is 9.44. The summed E-state index contributed by atoms with van der Waals surface area (Å²) in [6.45, 7) is 8.58. The second-order valence-corrected chi connectivity index (χ2v) is 7.33. The molecule has 2 aliphatic rings. The first-order chi connectivity index (χ1) is 12.6. The third-order valence-corrected chi connectivity index (χ3v) is 5.69. The Hall–Kier alpha value is -2.59. The van der Waals surface area contributed by atoms with E-state index in [-0.39, 0.29) is 0 Å². The van der Waals surface area contributed by atoms with E-state index in [2.05, 4.69) is 80.8 Å². The van der Waals surface area contributed by atoms with Crippen molar-refractivity contribution in [3.05, 3.63) is 107 Å². The molecular formula is C22H20BrN3. The highest BCUT2D eigenvalue weighted by molar-refractivity contribution is 9.10. The highest BCUT2D eigenvalue weighted by atomic mass is 79.9. The molecule has 0 radical (unpaired) electrons. The van der Waals surface area contributed by atoms with Crippen molar-refractivity contribution < 1.29 is 0 Å². The van der Waals surface area contributed by atoms with Crippen LogP contribution in [0.5, 0.6) is 0 Å². The number of aromatic nitrogens is 1. The molecule has 130 valence electrons. The van der Waals surface area contributed by atoms with Crippen LogP contribution in [0.4, 0.5) is 5.69 Å². The summed E-state index contributed by atoms with van der Waals surface area (Å²) in [6, 6.07) is 10.6. The van der Waals surface area contributed by atoms with Gasteiger partial charge in [0, 0.05) is 45.7 Å². The molecule has 1 aromatic carbocycles. The zero-order valence-corrected chi connectivity index (χ0v) is 16.0. The zero-order chi connectivity index (χ0) is 18.1. The summed E-state index contributed by atoms with van der Waals surface area (Å²) < 4.78 is 1.20. The summed E-state index contributed by atoms with van der Waals surface area (Å²) in [5.41, 5.74) is 6.57. The molecule has 1 unspecified atom stereocenters. The van der Waals surface area contributed by atoms with Crippen molar-refractivity contribution in [3.8, 4) is 0 Å². The average Bonchev–Trinajstić information content (AvgIpc) is 3.08. The highest BCUT2D eigenvalue weighted by Gasteiger charge is 2.30. The van der Waals surface area contributed by atoms with Crippen molar-refractivity contribution in [2.45, 2.75) is 18.9 Å². The Labute approximate surface area is 162 Å². The Morgan fingerprint density at radius 1 is 1.23 bits per heavy atom. The van der Waals surface area contributed by atoms with Crippen molar-refractivity contribution in [2.24, 2.45) is 0 Å². The van der Waals surface area contributed by atoms with Gasteiger partial charge in [-0.3, -0.25) is 4.98 Å². The fourth-order valence-corrected chi connectivity index (χ4v) is 4.26. The molecule has 0 saturated heterocycles. The number of benzene rings is 1. The quantitative estimate of drug-likeness (QED) is 0.703.